The predicted molar refractivity (Wildman–Crippen MR) is 64.8 cm³/mol. The van der Waals surface area contributed by atoms with Gasteiger partial charge in [0, 0.05) is 12.7 Å². The number of hydrogen-bond acceptors (Lipinski definition) is 4. The summed E-state index contributed by atoms with van der Waals surface area (Å²) in [4.78, 5) is 15.8. The molecule has 6 nitrogen and oxygen atoms in total. The van der Waals surface area contributed by atoms with E-state index in [1.54, 1.807) is 19.2 Å². The minimum atomic E-state index is -0.376. The quantitative estimate of drug-likeness (QED) is 0.788. The molecule has 0 aliphatic carbocycles. The molecule has 1 aromatic heterocycles. The zero-order valence-electron chi connectivity index (χ0n) is 9.01. The third kappa shape index (κ3) is 2.36. The largest absolute Gasteiger partial charge is 0.399 e. The Kier molecular flexibility index (Phi) is 2.97. The molecule has 0 spiro atoms. The molecule has 88 valence electrons. The number of carbonyl (C=O) groups excluding carboxylic acids is 1. The first-order chi connectivity index (χ1) is 8.08. The number of anilines is 2. The fourth-order valence-corrected chi connectivity index (χ4v) is 1.50. The molecule has 1 amide bonds. The predicted octanol–water partition coefficient (Wildman–Crippen LogP) is 1.30. The van der Waals surface area contributed by atoms with E-state index in [1.165, 1.54) is 17.1 Å². The standard InChI is InChI=1S/C10H10ClN5O/c1-16-10(13-5-14-16)15-9(17)7-4-6(12)2-3-8(7)11/h2-5H,12H2,1H3,(H,13,14,15,17). The Bertz CT molecular complexity index is 566. The third-order valence-corrected chi connectivity index (χ3v) is 2.50. The van der Waals surface area contributed by atoms with Gasteiger partial charge in [0.2, 0.25) is 5.95 Å². The van der Waals surface area contributed by atoms with Crippen LogP contribution < -0.4 is 11.1 Å². The number of carbonyl (C=O) groups is 1. The van der Waals surface area contributed by atoms with Crippen molar-refractivity contribution < 1.29 is 4.79 Å². The normalized spacial score (nSPS) is 10.2. The number of rotatable bonds is 2. The number of nitrogens with one attached hydrogen (secondary N) is 1. The first-order valence-electron chi connectivity index (χ1n) is 4.78. The summed E-state index contributed by atoms with van der Waals surface area (Å²) in [5.41, 5.74) is 6.37. The van der Waals surface area contributed by atoms with E-state index in [4.69, 9.17) is 17.3 Å². The Morgan fingerprint density at radius 2 is 2.29 bits per heavy atom. The van der Waals surface area contributed by atoms with Crippen molar-refractivity contribution in [3.8, 4) is 0 Å². The van der Waals surface area contributed by atoms with Gasteiger partial charge in [0.1, 0.15) is 6.33 Å². The van der Waals surface area contributed by atoms with Crippen molar-refractivity contribution in [2.45, 2.75) is 0 Å². The topological polar surface area (TPSA) is 85.8 Å². The van der Waals surface area contributed by atoms with Crippen molar-refractivity contribution in [1.82, 2.24) is 14.8 Å². The molecule has 3 N–H and O–H groups in total. The fourth-order valence-electron chi connectivity index (χ4n) is 1.30. The Hall–Kier alpha value is -2.08. The van der Waals surface area contributed by atoms with E-state index in [0.29, 0.717) is 22.2 Å². The molecule has 0 aliphatic heterocycles. The number of nitrogen functional groups attached to an aromatic ring is 1. The van der Waals surface area contributed by atoms with Crippen molar-refractivity contribution in [1.29, 1.82) is 0 Å². The highest BCUT2D eigenvalue weighted by Gasteiger charge is 2.13. The minimum Gasteiger partial charge on any atom is -0.399 e. The summed E-state index contributed by atoms with van der Waals surface area (Å²) in [6, 6.07) is 4.71. The Balaban J connectivity index is 2.26. The van der Waals surface area contributed by atoms with Gasteiger partial charge in [-0.25, -0.2) is 4.68 Å². The Morgan fingerprint density at radius 1 is 1.53 bits per heavy atom. The van der Waals surface area contributed by atoms with E-state index in [1.807, 2.05) is 0 Å². The molecule has 0 radical (unpaired) electrons. The summed E-state index contributed by atoms with van der Waals surface area (Å²) in [5.74, 6) is -0.0353. The van der Waals surface area contributed by atoms with Crippen LogP contribution >= 0.6 is 11.6 Å². The van der Waals surface area contributed by atoms with Crippen LogP contribution in [0.3, 0.4) is 0 Å². The summed E-state index contributed by atoms with van der Waals surface area (Å²) in [7, 11) is 1.67. The van der Waals surface area contributed by atoms with Gasteiger partial charge in [0.05, 0.1) is 10.6 Å². The number of aryl methyl sites for hydroxylation is 1. The van der Waals surface area contributed by atoms with Crippen molar-refractivity contribution in [3.63, 3.8) is 0 Å². The second-order valence-electron chi connectivity index (χ2n) is 3.40. The molecular weight excluding hydrogens is 242 g/mol. The van der Waals surface area contributed by atoms with E-state index < -0.39 is 0 Å². The average molecular weight is 252 g/mol. The smallest absolute Gasteiger partial charge is 0.259 e. The Labute approximate surface area is 102 Å². The highest BCUT2D eigenvalue weighted by atomic mass is 35.5. The summed E-state index contributed by atoms with van der Waals surface area (Å²) in [6.07, 6.45) is 1.34. The molecule has 0 saturated carbocycles. The van der Waals surface area contributed by atoms with Crippen molar-refractivity contribution in [3.05, 3.63) is 35.1 Å². The second-order valence-corrected chi connectivity index (χ2v) is 3.81. The monoisotopic (exact) mass is 251 g/mol. The Morgan fingerprint density at radius 3 is 2.94 bits per heavy atom. The lowest BCUT2D eigenvalue weighted by atomic mass is 10.2. The maximum atomic E-state index is 11.9. The van der Waals surface area contributed by atoms with Gasteiger partial charge in [-0.1, -0.05) is 11.6 Å². The summed E-state index contributed by atoms with van der Waals surface area (Å²) >= 11 is 5.91. The molecule has 0 bridgehead atoms. The average Bonchev–Trinajstić information content (AvgIpc) is 2.68. The zero-order chi connectivity index (χ0) is 12.4. The highest BCUT2D eigenvalue weighted by Crippen LogP contribution is 2.19. The SMILES string of the molecule is Cn1ncnc1NC(=O)c1cc(N)ccc1Cl. The molecule has 1 heterocycles. The van der Waals surface area contributed by atoms with Gasteiger partial charge < -0.3 is 5.73 Å². The summed E-state index contributed by atoms with van der Waals surface area (Å²) in [6.45, 7) is 0. The van der Waals surface area contributed by atoms with Crippen LogP contribution in [0.5, 0.6) is 0 Å². The van der Waals surface area contributed by atoms with E-state index in [0.717, 1.165) is 0 Å². The maximum absolute atomic E-state index is 11.9. The molecule has 7 heteroatoms. The molecule has 1 aromatic carbocycles. The number of hydrogen-bond donors (Lipinski definition) is 2. The number of halogens is 1. The van der Waals surface area contributed by atoms with Crippen LogP contribution in [0.1, 0.15) is 10.4 Å². The molecule has 0 saturated heterocycles. The van der Waals surface area contributed by atoms with E-state index in [-0.39, 0.29) is 5.91 Å². The van der Waals surface area contributed by atoms with Crippen LogP contribution in [0.2, 0.25) is 5.02 Å². The molecule has 2 aromatic rings. The summed E-state index contributed by atoms with van der Waals surface area (Å²) in [5, 5.41) is 6.75. The molecule has 0 fully saturated rings. The molecule has 17 heavy (non-hydrogen) atoms. The van der Waals surface area contributed by atoms with Crippen LogP contribution in [-0.4, -0.2) is 20.7 Å². The first kappa shape index (κ1) is 11.4. The number of nitrogens with zero attached hydrogens (tertiary/aromatic N) is 3. The zero-order valence-corrected chi connectivity index (χ0v) is 9.77. The molecule has 0 aliphatic rings. The van der Waals surface area contributed by atoms with Crippen molar-refractivity contribution >= 4 is 29.1 Å². The van der Waals surface area contributed by atoms with Crippen LogP contribution in [0.15, 0.2) is 24.5 Å². The number of aromatic nitrogens is 3. The van der Waals surface area contributed by atoms with Gasteiger partial charge >= 0.3 is 0 Å². The van der Waals surface area contributed by atoms with Crippen LogP contribution in [0.25, 0.3) is 0 Å². The third-order valence-electron chi connectivity index (χ3n) is 2.17. The molecule has 0 atom stereocenters. The highest BCUT2D eigenvalue weighted by molar-refractivity contribution is 6.34. The second kappa shape index (κ2) is 4.42. The summed E-state index contributed by atoms with van der Waals surface area (Å²) < 4.78 is 1.44. The van der Waals surface area contributed by atoms with Crippen LogP contribution in [0.4, 0.5) is 11.6 Å². The van der Waals surface area contributed by atoms with Crippen LogP contribution in [-0.2, 0) is 7.05 Å². The van der Waals surface area contributed by atoms with Crippen molar-refractivity contribution in [2.24, 2.45) is 7.05 Å². The van der Waals surface area contributed by atoms with Gasteiger partial charge in [-0.3, -0.25) is 10.1 Å². The van der Waals surface area contributed by atoms with Crippen molar-refractivity contribution in [2.75, 3.05) is 11.1 Å². The first-order valence-corrected chi connectivity index (χ1v) is 5.16. The molecular formula is C10H10ClN5O. The van der Waals surface area contributed by atoms with E-state index in [9.17, 15) is 4.79 Å². The van der Waals surface area contributed by atoms with Gasteiger partial charge in [0.15, 0.2) is 0 Å². The molecule has 0 unspecified atom stereocenters. The van der Waals surface area contributed by atoms with E-state index >= 15 is 0 Å². The fraction of sp³-hybridized carbons (Fsp3) is 0.100. The maximum Gasteiger partial charge on any atom is 0.259 e. The van der Waals surface area contributed by atoms with Gasteiger partial charge in [-0.2, -0.15) is 10.1 Å². The lowest BCUT2D eigenvalue weighted by Gasteiger charge is -2.06. The van der Waals surface area contributed by atoms with E-state index in [2.05, 4.69) is 15.4 Å². The number of nitrogens with two attached hydrogens (primary N) is 1. The number of benzene rings is 1. The lowest BCUT2D eigenvalue weighted by Crippen LogP contribution is -2.16. The minimum absolute atomic E-state index is 0.301. The van der Waals surface area contributed by atoms with Gasteiger partial charge in [0.25, 0.3) is 5.91 Å². The van der Waals surface area contributed by atoms with Crippen LogP contribution in [0, 0.1) is 0 Å². The van der Waals surface area contributed by atoms with Gasteiger partial charge in [-0.15, -0.1) is 0 Å². The van der Waals surface area contributed by atoms with Gasteiger partial charge in [-0.05, 0) is 18.2 Å². The molecule has 2 rings (SSSR count). The lowest BCUT2D eigenvalue weighted by molar-refractivity contribution is 0.102. The number of amides is 1.